The van der Waals surface area contributed by atoms with Gasteiger partial charge in [0, 0.05) is 4.83 Å². The van der Waals surface area contributed by atoms with Crippen LogP contribution in [-0.4, -0.2) is 36.3 Å². The lowest BCUT2D eigenvalue weighted by Crippen LogP contribution is -2.43. The lowest BCUT2D eigenvalue weighted by Gasteiger charge is -2.24. The molecule has 0 aliphatic carbocycles. The highest BCUT2D eigenvalue weighted by atomic mass is 79.9. The van der Waals surface area contributed by atoms with Gasteiger partial charge in [0.25, 0.3) is 10.0 Å². The van der Waals surface area contributed by atoms with E-state index in [1.165, 1.54) is 12.1 Å². The number of halogens is 1. The first kappa shape index (κ1) is 15.3. The highest BCUT2D eigenvalue weighted by Gasteiger charge is 2.45. The van der Waals surface area contributed by atoms with Gasteiger partial charge in [-0.05, 0) is 25.5 Å². The molecule has 2 atom stereocenters. The zero-order chi connectivity index (χ0) is 14.9. The predicted molar refractivity (Wildman–Crippen MR) is 78.3 cm³/mol. The Morgan fingerprint density at radius 2 is 2.00 bits per heavy atom. The van der Waals surface area contributed by atoms with Crippen LogP contribution in [0.5, 0.6) is 0 Å². The fourth-order valence-electron chi connectivity index (χ4n) is 2.05. The fourth-order valence-corrected chi connectivity index (χ4v) is 4.11. The number of ether oxygens (including phenoxy) is 1. The van der Waals surface area contributed by atoms with Gasteiger partial charge in [-0.3, -0.25) is 0 Å². The summed E-state index contributed by atoms with van der Waals surface area (Å²) in [6, 6.07) is 5.90. The number of benzene rings is 1. The first-order valence-corrected chi connectivity index (χ1v) is 8.65. The molecule has 1 amide bonds. The van der Waals surface area contributed by atoms with Crippen molar-refractivity contribution in [3.8, 4) is 0 Å². The molecule has 1 aliphatic rings. The van der Waals surface area contributed by atoms with Gasteiger partial charge >= 0.3 is 6.09 Å². The number of carbonyl (C=O) groups excluding carboxylic acids is 1. The number of carbonyl (C=O) groups is 1. The molecule has 1 heterocycles. The quantitative estimate of drug-likeness (QED) is 0.773. The average molecular weight is 362 g/mol. The smallest absolute Gasteiger partial charge is 0.424 e. The summed E-state index contributed by atoms with van der Waals surface area (Å²) < 4.78 is 30.9. The number of hydrogen-bond acceptors (Lipinski definition) is 4. The standard InChI is InChI=1S/C13H16BrNO4S/c1-3-11(14)12-8-19-13(16)15(12)20(17,18)10-6-4-9(2)5-7-10/h4-7,11-12H,3,8H2,1-2H3. The molecule has 0 spiro atoms. The van der Waals surface area contributed by atoms with Crippen LogP contribution < -0.4 is 0 Å². The first-order valence-electron chi connectivity index (χ1n) is 6.30. The van der Waals surface area contributed by atoms with E-state index in [0.29, 0.717) is 6.42 Å². The molecule has 0 saturated carbocycles. The van der Waals surface area contributed by atoms with Crippen molar-refractivity contribution in [3.05, 3.63) is 29.8 Å². The molecular formula is C13H16BrNO4S. The summed E-state index contributed by atoms with van der Waals surface area (Å²) >= 11 is 3.41. The normalized spacial score (nSPS) is 20.9. The lowest BCUT2D eigenvalue weighted by molar-refractivity contribution is 0.170. The van der Waals surface area contributed by atoms with Gasteiger partial charge in [-0.15, -0.1) is 0 Å². The molecule has 1 aliphatic heterocycles. The molecule has 1 fully saturated rings. The van der Waals surface area contributed by atoms with E-state index in [9.17, 15) is 13.2 Å². The zero-order valence-electron chi connectivity index (χ0n) is 11.2. The Morgan fingerprint density at radius 3 is 2.55 bits per heavy atom. The minimum absolute atomic E-state index is 0.0771. The highest BCUT2D eigenvalue weighted by Crippen LogP contribution is 2.29. The van der Waals surface area contributed by atoms with Crippen LogP contribution in [-0.2, 0) is 14.8 Å². The number of amides is 1. The maximum absolute atomic E-state index is 12.6. The molecule has 1 aromatic rings. The topological polar surface area (TPSA) is 63.7 Å². The second kappa shape index (κ2) is 5.73. The first-order chi connectivity index (χ1) is 9.37. The molecule has 0 bridgehead atoms. The summed E-state index contributed by atoms with van der Waals surface area (Å²) in [6.07, 6.45) is -0.116. The predicted octanol–water partition coefficient (Wildman–Crippen LogP) is 2.68. The minimum Gasteiger partial charge on any atom is -0.446 e. The molecule has 5 nitrogen and oxygen atoms in total. The van der Waals surface area contributed by atoms with Gasteiger partial charge in [0.15, 0.2) is 0 Å². The lowest BCUT2D eigenvalue weighted by atomic mass is 10.2. The fraction of sp³-hybridized carbons (Fsp3) is 0.462. The van der Waals surface area contributed by atoms with E-state index in [2.05, 4.69) is 15.9 Å². The largest absolute Gasteiger partial charge is 0.446 e. The number of cyclic esters (lactones) is 1. The molecule has 1 saturated heterocycles. The van der Waals surface area contributed by atoms with Crippen molar-refractivity contribution in [2.24, 2.45) is 0 Å². The van der Waals surface area contributed by atoms with Crippen molar-refractivity contribution in [2.45, 2.75) is 36.0 Å². The molecule has 2 rings (SSSR count). The second-order valence-corrected chi connectivity index (χ2v) is 7.67. The second-order valence-electron chi connectivity index (χ2n) is 4.68. The van der Waals surface area contributed by atoms with Gasteiger partial charge in [-0.1, -0.05) is 40.5 Å². The third-order valence-electron chi connectivity index (χ3n) is 3.24. The molecule has 0 aromatic heterocycles. The van der Waals surface area contributed by atoms with Crippen molar-refractivity contribution in [2.75, 3.05) is 6.61 Å². The van der Waals surface area contributed by atoms with E-state index in [1.807, 2.05) is 13.8 Å². The minimum atomic E-state index is -3.88. The highest BCUT2D eigenvalue weighted by molar-refractivity contribution is 9.09. The molecule has 7 heteroatoms. The van der Waals surface area contributed by atoms with Crippen LogP contribution in [0, 0.1) is 6.92 Å². The van der Waals surface area contributed by atoms with Gasteiger partial charge in [0.2, 0.25) is 0 Å². The van der Waals surface area contributed by atoms with Gasteiger partial charge < -0.3 is 4.74 Å². The van der Waals surface area contributed by atoms with Gasteiger partial charge in [0.1, 0.15) is 6.61 Å². The molecule has 0 radical (unpaired) electrons. The van der Waals surface area contributed by atoms with Gasteiger partial charge in [0.05, 0.1) is 10.9 Å². The van der Waals surface area contributed by atoms with Crippen LogP contribution in [0.15, 0.2) is 29.2 Å². The Kier molecular flexibility index (Phi) is 4.39. The summed E-state index contributed by atoms with van der Waals surface area (Å²) in [5, 5.41) is 0. The third-order valence-corrected chi connectivity index (χ3v) is 6.31. The van der Waals surface area contributed by atoms with Crippen LogP contribution in [0.25, 0.3) is 0 Å². The van der Waals surface area contributed by atoms with Crippen LogP contribution in [0.2, 0.25) is 0 Å². The Bertz CT molecular complexity index is 599. The number of hydrogen-bond donors (Lipinski definition) is 0. The molecule has 1 aromatic carbocycles. The van der Waals surface area contributed by atoms with E-state index in [-0.39, 0.29) is 16.3 Å². The molecule has 110 valence electrons. The van der Waals surface area contributed by atoms with Crippen molar-refractivity contribution < 1.29 is 17.9 Å². The van der Waals surface area contributed by atoms with Crippen molar-refractivity contribution in [3.63, 3.8) is 0 Å². The zero-order valence-corrected chi connectivity index (χ0v) is 13.6. The van der Waals surface area contributed by atoms with E-state index >= 15 is 0 Å². The van der Waals surface area contributed by atoms with Crippen LogP contribution in [0.3, 0.4) is 0 Å². The number of sulfonamides is 1. The summed E-state index contributed by atoms with van der Waals surface area (Å²) in [6.45, 7) is 3.86. The summed E-state index contributed by atoms with van der Waals surface area (Å²) in [4.78, 5) is 11.8. The van der Waals surface area contributed by atoms with E-state index in [4.69, 9.17) is 4.74 Å². The Balaban J connectivity index is 2.40. The SMILES string of the molecule is CCC(Br)C1COC(=O)N1S(=O)(=O)c1ccc(C)cc1. The molecular weight excluding hydrogens is 346 g/mol. The Labute approximate surface area is 127 Å². The van der Waals surface area contributed by atoms with Crippen molar-refractivity contribution in [1.29, 1.82) is 0 Å². The van der Waals surface area contributed by atoms with Crippen LogP contribution in [0.1, 0.15) is 18.9 Å². The molecule has 20 heavy (non-hydrogen) atoms. The molecule has 0 N–H and O–H groups in total. The molecule has 2 unspecified atom stereocenters. The summed E-state index contributed by atoms with van der Waals surface area (Å²) in [7, 11) is -3.88. The average Bonchev–Trinajstić information content (AvgIpc) is 2.81. The monoisotopic (exact) mass is 361 g/mol. The number of nitrogens with zero attached hydrogens (tertiary/aromatic N) is 1. The Morgan fingerprint density at radius 1 is 1.40 bits per heavy atom. The van der Waals surface area contributed by atoms with Gasteiger partial charge in [-0.2, -0.15) is 4.31 Å². The summed E-state index contributed by atoms with van der Waals surface area (Å²) in [5.41, 5.74) is 0.955. The summed E-state index contributed by atoms with van der Waals surface area (Å²) in [5.74, 6) is 0. The number of rotatable bonds is 4. The van der Waals surface area contributed by atoms with Crippen molar-refractivity contribution in [1.82, 2.24) is 4.31 Å². The maximum Gasteiger partial charge on any atom is 0.424 e. The van der Waals surface area contributed by atoms with Crippen molar-refractivity contribution >= 4 is 32.0 Å². The van der Waals surface area contributed by atoms with E-state index in [1.54, 1.807) is 12.1 Å². The number of alkyl halides is 1. The van der Waals surface area contributed by atoms with E-state index < -0.39 is 22.2 Å². The Hall–Kier alpha value is -1.08. The third kappa shape index (κ3) is 2.69. The van der Waals surface area contributed by atoms with Crippen LogP contribution in [0.4, 0.5) is 4.79 Å². The van der Waals surface area contributed by atoms with Gasteiger partial charge in [-0.25, -0.2) is 13.2 Å². The van der Waals surface area contributed by atoms with Crippen LogP contribution >= 0.6 is 15.9 Å². The number of aryl methyl sites for hydroxylation is 1. The maximum atomic E-state index is 12.6. The van der Waals surface area contributed by atoms with E-state index in [0.717, 1.165) is 9.87 Å².